The van der Waals surface area contributed by atoms with Crippen molar-refractivity contribution < 1.29 is 25.2 Å². The molecule has 0 aliphatic carbocycles. The fourth-order valence-corrected chi connectivity index (χ4v) is 2.83. The maximum absolute atomic E-state index is 10.1. The number of nitrogens with zero attached hydrogens (tertiary/aromatic N) is 4. The summed E-state index contributed by atoms with van der Waals surface area (Å²) in [6, 6.07) is 0. The van der Waals surface area contributed by atoms with Crippen molar-refractivity contribution in [3.63, 3.8) is 0 Å². The molecular weight excluding hydrogens is 282 g/mol. The zero-order valence-corrected chi connectivity index (χ0v) is 11.1. The third kappa shape index (κ3) is 1.92. The molecule has 0 spiro atoms. The fraction of sp³-hybridized carbons (Fsp3) is 0.727. The zero-order valence-electron chi connectivity index (χ0n) is 11.1. The summed E-state index contributed by atoms with van der Waals surface area (Å²) in [5, 5.41) is 38.9. The molecule has 116 valence electrons. The molecule has 0 radical (unpaired) electrons. The SMILES string of the molecule is NC1=NC=NC2(CO)C1=NCN2[C@@H]1O[C@H](CO)[C@@H](O)[C@H]1O. The summed E-state index contributed by atoms with van der Waals surface area (Å²) in [5.74, 6) is 0.133. The minimum Gasteiger partial charge on any atom is -0.394 e. The summed E-state index contributed by atoms with van der Waals surface area (Å²) >= 11 is 0. The van der Waals surface area contributed by atoms with Gasteiger partial charge in [0.15, 0.2) is 11.5 Å². The summed E-state index contributed by atoms with van der Waals surface area (Å²) in [6.45, 7) is -0.809. The van der Waals surface area contributed by atoms with Crippen LogP contribution in [-0.4, -0.2) is 93.3 Å². The zero-order chi connectivity index (χ0) is 15.2. The van der Waals surface area contributed by atoms with Crippen LogP contribution in [-0.2, 0) is 4.74 Å². The van der Waals surface area contributed by atoms with Gasteiger partial charge in [-0.2, -0.15) is 0 Å². The summed E-state index contributed by atoms with van der Waals surface area (Å²) < 4.78 is 5.47. The molecule has 3 aliphatic heterocycles. The molecule has 3 rings (SSSR count). The molecule has 10 heteroatoms. The number of rotatable bonds is 3. The fourth-order valence-electron chi connectivity index (χ4n) is 2.83. The minimum atomic E-state index is -1.29. The Hall–Kier alpha value is -1.43. The van der Waals surface area contributed by atoms with E-state index in [1.807, 2.05) is 0 Å². The van der Waals surface area contributed by atoms with Gasteiger partial charge in [-0.1, -0.05) is 0 Å². The van der Waals surface area contributed by atoms with Crippen molar-refractivity contribution in [2.24, 2.45) is 20.7 Å². The molecule has 1 saturated heterocycles. The lowest BCUT2D eigenvalue weighted by Gasteiger charge is -2.38. The lowest BCUT2D eigenvalue weighted by atomic mass is 10.0. The van der Waals surface area contributed by atoms with Gasteiger partial charge in [0.1, 0.15) is 36.6 Å². The maximum Gasteiger partial charge on any atom is 0.187 e. The van der Waals surface area contributed by atoms with Crippen LogP contribution in [0.1, 0.15) is 0 Å². The summed E-state index contributed by atoms with van der Waals surface area (Å²) in [7, 11) is 0. The van der Waals surface area contributed by atoms with Crippen molar-refractivity contribution in [1.29, 1.82) is 0 Å². The van der Waals surface area contributed by atoms with E-state index >= 15 is 0 Å². The molecule has 5 atom stereocenters. The smallest absolute Gasteiger partial charge is 0.187 e. The highest BCUT2D eigenvalue weighted by Gasteiger charge is 2.56. The molecule has 21 heavy (non-hydrogen) atoms. The van der Waals surface area contributed by atoms with Crippen LogP contribution in [0.3, 0.4) is 0 Å². The number of nitrogens with two attached hydrogens (primary N) is 1. The van der Waals surface area contributed by atoms with Crippen LogP contribution in [0.2, 0.25) is 0 Å². The van der Waals surface area contributed by atoms with E-state index in [1.54, 1.807) is 0 Å². The van der Waals surface area contributed by atoms with E-state index in [-0.39, 0.29) is 12.5 Å². The second kappa shape index (κ2) is 5.09. The van der Waals surface area contributed by atoms with Crippen molar-refractivity contribution in [2.45, 2.75) is 30.2 Å². The van der Waals surface area contributed by atoms with Gasteiger partial charge < -0.3 is 30.9 Å². The van der Waals surface area contributed by atoms with E-state index in [2.05, 4.69) is 15.0 Å². The Morgan fingerprint density at radius 1 is 1.38 bits per heavy atom. The van der Waals surface area contributed by atoms with Crippen LogP contribution in [0.5, 0.6) is 0 Å². The van der Waals surface area contributed by atoms with Gasteiger partial charge in [-0.3, -0.25) is 4.99 Å². The minimum absolute atomic E-state index is 0.0655. The lowest BCUT2D eigenvalue weighted by molar-refractivity contribution is -0.123. The average Bonchev–Trinajstić information content (AvgIpc) is 3.00. The second-order valence-electron chi connectivity index (χ2n) is 5.08. The van der Waals surface area contributed by atoms with E-state index in [0.29, 0.717) is 5.71 Å². The van der Waals surface area contributed by atoms with E-state index in [9.17, 15) is 15.3 Å². The number of aliphatic hydroxyl groups is 4. The van der Waals surface area contributed by atoms with Gasteiger partial charge in [0.2, 0.25) is 0 Å². The third-order valence-corrected chi connectivity index (χ3v) is 3.99. The van der Waals surface area contributed by atoms with Crippen molar-refractivity contribution in [3.05, 3.63) is 0 Å². The number of ether oxygens (including phenoxy) is 1. The van der Waals surface area contributed by atoms with E-state index < -0.39 is 43.4 Å². The largest absolute Gasteiger partial charge is 0.394 e. The van der Waals surface area contributed by atoms with Crippen LogP contribution < -0.4 is 5.73 Å². The van der Waals surface area contributed by atoms with Crippen LogP contribution in [0.25, 0.3) is 0 Å². The lowest BCUT2D eigenvalue weighted by Crippen LogP contribution is -2.61. The van der Waals surface area contributed by atoms with Gasteiger partial charge >= 0.3 is 0 Å². The molecule has 3 aliphatic rings. The topological polar surface area (TPSA) is 156 Å². The number of aliphatic imine (C=N–C) groups is 3. The molecule has 0 aromatic rings. The average molecular weight is 299 g/mol. The Morgan fingerprint density at radius 3 is 2.76 bits per heavy atom. The summed E-state index contributed by atoms with van der Waals surface area (Å²) in [5.41, 5.74) is 4.76. The quantitative estimate of drug-likeness (QED) is 0.358. The van der Waals surface area contributed by atoms with Crippen molar-refractivity contribution in [2.75, 3.05) is 19.9 Å². The Kier molecular flexibility index (Phi) is 3.51. The molecule has 0 bridgehead atoms. The normalized spacial score (nSPS) is 42.9. The van der Waals surface area contributed by atoms with Crippen molar-refractivity contribution in [1.82, 2.24) is 4.90 Å². The number of aliphatic hydroxyl groups excluding tert-OH is 4. The van der Waals surface area contributed by atoms with E-state index in [0.717, 1.165) is 0 Å². The number of hydrogen-bond donors (Lipinski definition) is 5. The molecule has 0 aromatic carbocycles. The van der Waals surface area contributed by atoms with Crippen LogP contribution >= 0.6 is 0 Å². The summed E-state index contributed by atoms with van der Waals surface area (Å²) in [4.78, 5) is 13.7. The predicted octanol–water partition coefficient (Wildman–Crippen LogP) is -3.77. The Labute approximate surface area is 119 Å². The molecule has 6 N–H and O–H groups in total. The molecular formula is C11H17N5O5. The molecule has 0 aromatic heterocycles. The number of fused-ring (bicyclic) bond motifs is 1. The molecule has 3 heterocycles. The molecule has 0 saturated carbocycles. The third-order valence-electron chi connectivity index (χ3n) is 3.99. The van der Waals surface area contributed by atoms with E-state index in [1.165, 1.54) is 11.2 Å². The van der Waals surface area contributed by atoms with Gasteiger partial charge in [0.25, 0.3) is 0 Å². The standard InChI is InChI=1S/C11H17N5O5/c12-9-8-11(2-18,15-3-13-9)16(4-14-8)10-7(20)6(19)5(1-17)21-10/h3,5-7,10,17-20H,1-2,4H2,(H2,12,13,15)/t5-,6-,7-,10-,11?/m1/s1. The predicted molar refractivity (Wildman–Crippen MR) is 71.8 cm³/mol. The first kappa shape index (κ1) is 14.5. The van der Waals surface area contributed by atoms with Crippen molar-refractivity contribution in [3.8, 4) is 0 Å². The van der Waals surface area contributed by atoms with Gasteiger partial charge in [-0.25, -0.2) is 14.9 Å². The highest BCUT2D eigenvalue weighted by Crippen LogP contribution is 2.34. The Morgan fingerprint density at radius 2 is 2.14 bits per heavy atom. The van der Waals surface area contributed by atoms with Crippen LogP contribution in [0.15, 0.2) is 15.0 Å². The second-order valence-corrected chi connectivity index (χ2v) is 5.08. The Balaban J connectivity index is 1.91. The van der Waals surface area contributed by atoms with E-state index in [4.69, 9.17) is 15.6 Å². The summed E-state index contributed by atoms with van der Waals surface area (Å²) in [6.07, 6.45) is -3.18. The Bertz CT molecular complexity index is 523. The maximum atomic E-state index is 10.1. The molecule has 10 nitrogen and oxygen atoms in total. The van der Waals surface area contributed by atoms with Gasteiger partial charge in [-0.05, 0) is 0 Å². The number of hydrogen-bond acceptors (Lipinski definition) is 10. The van der Waals surface area contributed by atoms with Crippen LogP contribution in [0, 0.1) is 0 Å². The van der Waals surface area contributed by atoms with Gasteiger partial charge in [0, 0.05) is 0 Å². The van der Waals surface area contributed by atoms with Gasteiger partial charge in [-0.15, -0.1) is 0 Å². The first-order valence-corrected chi connectivity index (χ1v) is 6.47. The highest BCUT2D eigenvalue weighted by atomic mass is 16.6. The highest BCUT2D eigenvalue weighted by molar-refractivity contribution is 6.46. The van der Waals surface area contributed by atoms with Crippen LogP contribution in [0.4, 0.5) is 0 Å². The molecule has 1 fully saturated rings. The molecule has 0 amide bonds. The van der Waals surface area contributed by atoms with Crippen molar-refractivity contribution >= 4 is 17.9 Å². The first-order valence-electron chi connectivity index (χ1n) is 6.47. The monoisotopic (exact) mass is 299 g/mol. The number of amidine groups is 1. The molecule has 1 unspecified atom stereocenters. The van der Waals surface area contributed by atoms with Gasteiger partial charge in [0.05, 0.1) is 19.9 Å². The first-order chi connectivity index (χ1) is 10.0.